The van der Waals surface area contributed by atoms with Gasteiger partial charge in [-0.1, -0.05) is 32.1 Å². The number of carbonyl (C=O) groups is 1. The largest absolute Gasteiger partial charge is 0.344 e. The standard InChI is InChI=1S/C14H28N2O/c1-14(2,15-3)13(17)16(4)11-10-12-8-6-5-7-9-12/h12,15H,5-11H2,1-4H3. The number of nitrogens with zero attached hydrogens (tertiary/aromatic N) is 1. The molecule has 0 aliphatic heterocycles. The highest BCUT2D eigenvalue weighted by molar-refractivity contribution is 5.85. The van der Waals surface area contributed by atoms with E-state index in [1.165, 1.54) is 38.5 Å². The fourth-order valence-electron chi connectivity index (χ4n) is 2.54. The highest BCUT2D eigenvalue weighted by atomic mass is 16.2. The number of likely N-dealkylation sites (N-methyl/N-ethyl adjacent to an activating group) is 2. The maximum atomic E-state index is 12.1. The van der Waals surface area contributed by atoms with Crippen molar-refractivity contribution in [2.24, 2.45) is 5.92 Å². The zero-order valence-corrected chi connectivity index (χ0v) is 11.9. The minimum Gasteiger partial charge on any atom is -0.344 e. The molecule has 0 atom stereocenters. The summed E-state index contributed by atoms with van der Waals surface area (Å²) in [5, 5.41) is 3.07. The Hall–Kier alpha value is -0.570. The van der Waals surface area contributed by atoms with Crippen LogP contribution in [0.25, 0.3) is 0 Å². The molecule has 0 bridgehead atoms. The van der Waals surface area contributed by atoms with Crippen molar-refractivity contribution in [3.05, 3.63) is 0 Å². The highest BCUT2D eigenvalue weighted by Crippen LogP contribution is 2.26. The molecule has 0 aromatic carbocycles. The van der Waals surface area contributed by atoms with Crippen molar-refractivity contribution in [1.29, 1.82) is 0 Å². The van der Waals surface area contributed by atoms with E-state index in [0.717, 1.165) is 12.5 Å². The first-order valence-corrected chi connectivity index (χ1v) is 6.92. The van der Waals surface area contributed by atoms with Gasteiger partial charge in [0.1, 0.15) is 0 Å². The summed E-state index contributed by atoms with van der Waals surface area (Å²) in [6.45, 7) is 4.77. The Morgan fingerprint density at radius 1 is 1.29 bits per heavy atom. The summed E-state index contributed by atoms with van der Waals surface area (Å²) < 4.78 is 0. The second-order valence-electron chi connectivity index (χ2n) is 5.89. The molecule has 100 valence electrons. The summed E-state index contributed by atoms with van der Waals surface area (Å²) in [5.74, 6) is 1.03. The normalized spacial score (nSPS) is 18.1. The summed E-state index contributed by atoms with van der Waals surface area (Å²) in [7, 11) is 3.76. The van der Waals surface area contributed by atoms with Gasteiger partial charge in [-0.05, 0) is 33.2 Å². The molecule has 1 N–H and O–H groups in total. The van der Waals surface area contributed by atoms with Crippen LogP contribution in [0.2, 0.25) is 0 Å². The fraction of sp³-hybridized carbons (Fsp3) is 0.929. The zero-order valence-electron chi connectivity index (χ0n) is 11.9. The summed E-state index contributed by atoms with van der Waals surface area (Å²) in [4.78, 5) is 14.0. The molecule has 3 heteroatoms. The summed E-state index contributed by atoms with van der Waals surface area (Å²) in [5.41, 5.74) is -0.443. The number of amides is 1. The van der Waals surface area contributed by atoms with Crippen LogP contribution in [0.5, 0.6) is 0 Å². The Kier molecular flexibility index (Phi) is 5.44. The second-order valence-corrected chi connectivity index (χ2v) is 5.89. The smallest absolute Gasteiger partial charge is 0.242 e. The average molecular weight is 240 g/mol. The number of nitrogens with one attached hydrogen (secondary N) is 1. The van der Waals surface area contributed by atoms with E-state index in [-0.39, 0.29) is 5.91 Å². The molecule has 1 saturated carbocycles. The molecular formula is C14H28N2O. The van der Waals surface area contributed by atoms with Gasteiger partial charge in [-0.3, -0.25) is 4.79 Å². The van der Waals surface area contributed by atoms with Crippen LogP contribution in [0.4, 0.5) is 0 Å². The average Bonchev–Trinajstić information content (AvgIpc) is 2.36. The Morgan fingerprint density at radius 3 is 2.41 bits per heavy atom. The van der Waals surface area contributed by atoms with Crippen LogP contribution in [0.3, 0.4) is 0 Å². The van der Waals surface area contributed by atoms with Gasteiger partial charge in [0.05, 0.1) is 5.54 Å². The van der Waals surface area contributed by atoms with Crippen molar-refractivity contribution in [2.75, 3.05) is 20.6 Å². The third-order valence-corrected chi connectivity index (χ3v) is 4.10. The van der Waals surface area contributed by atoms with Crippen LogP contribution in [0.1, 0.15) is 52.4 Å². The molecular weight excluding hydrogens is 212 g/mol. The zero-order chi connectivity index (χ0) is 12.9. The summed E-state index contributed by atoms with van der Waals surface area (Å²) in [6, 6.07) is 0. The van der Waals surface area contributed by atoms with Gasteiger partial charge < -0.3 is 10.2 Å². The van der Waals surface area contributed by atoms with Crippen LogP contribution < -0.4 is 5.32 Å². The molecule has 1 aliphatic carbocycles. The van der Waals surface area contributed by atoms with Crippen LogP contribution in [0.15, 0.2) is 0 Å². The third kappa shape index (κ3) is 4.30. The van der Waals surface area contributed by atoms with Gasteiger partial charge in [-0.15, -0.1) is 0 Å². The minimum absolute atomic E-state index is 0.191. The fourth-order valence-corrected chi connectivity index (χ4v) is 2.54. The summed E-state index contributed by atoms with van der Waals surface area (Å²) >= 11 is 0. The lowest BCUT2D eigenvalue weighted by atomic mass is 9.87. The van der Waals surface area contributed by atoms with E-state index in [0.29, 0.717) is 0 Å². The van der Waals surface area contributed by atoms with Crippen molar-refractivity contribution in [3.63, 3.8) is 0 Å². The third-order valence-electron chi connectivity index (χ3n) is 4.10. The quantitative estimate of drug-likeness (QED) is 0.800. The van der Waals surface area contributed by atoms with Gasteiger partial charge >= 0.3 is 0 Å². The Bertz CT molecular complexity index is 245. The molecule has 0 heterocycles. The molecule has 0 saturated heterocycles. The molecule has 1 fully saturated rings. The molecule has 0 aromatic heterocycles. The first kappa shape index (κ1) is 14.5. The van der Waals surface area contributed by atoms with Crippen molar-refractivity contribution < 1.29 is 4.79 Å². The van der Waals surface area contributed by atoms with Gasteiger partial charge in [0, 0.05) is 13.6 Å². The van der Waals surface area contributed by atoms with E-state index >= 15 is 0 Å². The molecule has 3 nitrogen and oxygen atoms in total. The van der Waals surface area contributed by atoms with Gasteiger partial charge in [0.15, 0.2) is 0 Å². The van der Waals surface area contributed by atoms with Crippen LogP contribution in [-0.4, -0.2) is 37.0 Å². The number of hydrogen-bond acceptors (Lipinski definition) is 2. The maximum absolute atomic E-state index is 12.1. The van der Waals surface area contributed by atoms with Gasteiger partial charge in [0.2, 0.25) is 5.91 Å². The number of hydrogen-bond donors (Lipinski definition) is 1. The van der Waals surface area contributed by atoms with Crippen molar-refractivity contribution >= 4 is 5.91 Å². The molecule has 0 radical (unpaired) electrons. The highest BCUT2D eigenvalue weighted by Gasteiger charge is 2.28. The van der Waals surface area contributed by atoms with Crippen LogP contribution in [-0.2, 0) is 4.79 Å². The van der Waals surface area contributed by atoms with Crippen molar-refractivity contribution in [3.8, 4) is 0 Å². The van der Waals surface area contributed by atoms with Gasteiger partial charge in [-0.25, -0.2) is 0 Å². The molecule has 1 amide bonds. The number of carbonyl (C=O) groups excluding carboxylic acids is 1. The lowest BCUT2D eigenvalue weighted by Crippen LogP contribution is -2.51. The number of rotatable bonds is 5. The molecule has 1 rings (SSSR count). The van der Waals surface area contributed by atoms with Crippen LogP contribution in [0, 0.1) is 5.92 Å². The van der Waals surface area contributed by atoms with E-state index < -0.39 is 5.54 Å². The SMILES string of the molecule is CNC(C)(C)C(=O)N(C)CCC1CCCCC1. The Labute approximate surface area is 106 Å². The second kappa shape index (κ2) is 6.39. The molecule has 0 spiro atoms. The molecule has 17 heavy (non-hydrogen) atoms. The van der Waals surface area contributed by atoms with Crippen molar-refractivity contribution in [1.82, 2.24) is 10.2 Å². The van der Waals surface area contributed by atoms with Crippen molar-refractivity contribution in [2.45, 2.75) is 57.9 Å². The van der Waals surface area contributed by atoms with E-state index in [2.05, 4.69) is 5.32 Å². The minimum atomic E-state index is -0.443. The van der Waals surface area contributed by atoms with E-state index in [1.54, 1.807) is 0 Å². The Morgan fingerprint density at radius 2 is 1.88 bits per heavy atom. The van der Waals surface area contributed by atoms with Gasteiger partial charge in [0.25, 0.3) is 0 Å². The first-order chi connectivity index (χ1) is 7.97. The van der Waals surface area contributed by atoms with Crippen LogP contribution >= 0.6 is 0 Å². The topological polar surface area (TPSA) is 32.3 Å². The maximum Gasteiger partial charge on any atom is 0.242 e. The molecule has 1 aliphatic rings. The Balaban J connectivity index is 2.33. The molecule has 0 aromatic rings. The lowest BCUT2D eigenvalue weighted by Gasteiger charge is -2.30. The first-order valence-electron chi connectivity index (χ1n) is 6.92. The van der Waals surface area contributed by atoms with Gasteiger partial charge in [-0.2, -0.15) is 0 Å². The van der Waals surface area contributed by atoms with E-state index in [4.69, 9.17) is 0 Å². The predicted molar refractivity (Wildman–Crippen MR) is 72.0 cm³/mol. The lowest BCUT2D eigenvalue weighted by molar-refractivity contribution is -0.135. The molecule has 0 unspecified atom stereocenters. The van der Waals surface area contributed by atoms with E-state index in [9.17, 15) is 4.79 Å². The monoisotopic (exact) mass is 240 g/mol. The van der Waals surface area contributed by atoms with E-state index in [1.807, 2.05) is 32.8 Å². The summed E-state index contributed by atoms with van der Waals surface area (Å²) in [6.07, 6.45) is 8.05. The predicted octanol–water partition coefficient (Wildman–Crippen LogP) is 2.41.